The van der Waals surface area contributed by atoms with Gasteiger partial charge in [0.1, 0.15) is 0 Å². The summed E-state index contributed by atoms with van der Waals surface area (Å²) < 4.78 is 0. The molecule has 0 spiro atoms. The second-order valence-electron chi connectivity index (χ2n) is 4.72. The van der Waals surface area contributed by atoms with E-state index >= 15 is 0 Å². The van der Waals surface area contributed by atoms with Gasteiger partial charge in [-0.25, -0.2) is 0 Å². The summed E-state index contributed by atoms with van der Waals surface area (Å²) in [5.74, 6) is 2.26. The molecule has 0 nitrogen and oxygen atoms in total. The normalized spacial score (nSPS) is 26.3. The van der Waals surface area contributed by atoms with Crippen molar-refractivity contribution in [3.05, 3.63) is 0 Å². The molecule has 0 bridgehead atoms. The van der Waals surface area contributed by atoms with E-state index in [9.17, 15) is 0 Å². The first-order valence-corrected chi connectivity index (χ1v) is 6.38. The van der Waals surface area contributed by atoms with Crippen molar-refractivity contribution >= 4 is 0 Å². The van der Waals surface area contributed by atoms with Crippen molar-refractivity contribution in [3.8, 4) is 0 Å². The Morgan fingerprint density at radius 2 is 1.54 bits per heavy atom. The Hall–Kier alpha value is 0. The topological polar surface area (TPSA) is 0 Å². The molecule has 1 aliphatic rings. The van der Waals surface area contributed by atoms with Crippen molar-refractivity contribution in [2.24, 2.45) is 11.8 Å². The highest BCUT2D eigenvalue weighted by atomic mass is 14.4. The molecule has 0 aromatic rings. The summed E-state index contributed by atoms with van der Waals surface area (Å²) in [6, 6.07) is 0. The lowest BCUT2D eigenvalue weighted by atomic mass is 10.1. The van der Waals surface area contributed by atoms with E-state index in [1.165, 1.54) is 51.4 Å². The minimum atomic E-state index is 1.12. The lowest BCUT2D eigenvalue weighted by molar-refractivity contribution is 0.545. The molecule has 0 aromatic carbocycles. The Balaban J connectivity index is 1.75. The van der Waals surface area contributed by atoms with Crippen LogP contribution in [-0.2, 0) is 0 Å². The first-order chi connectivity index (χ1) is 6.38. The molecule has 1 saturated carbocycles. The van der Waals surface area contributed by atoms with Crippen LogP contribution in [0.15, 0.2) is 0 Å². The van der Waals surface area contributed by atoms with Crippen molar-refractivity contribution in [2.45, 2.75) is 71.6 Å². The van der Waals surface area contributed by atoms with Gasteiger partial charge in [-0.1, -0.05) is 65.2 Å². The van der Waals surface area contributed by atoms with E-state index in [4.69, 9.17) is 0 Å². The molecule has 0 aliphatic heterocycles. The molecule has 0 N–H and O–H groups in total. The zero-order valence-electron chi connectivity index (χ0n) is 9.52. The third-order valence-electron chi connectivity index (χ3n) is 3.52. The summed E-state index contributed by atoms with van der Waals surface area (Å²) in [6.45, 7) is 4.63. The van der Waals surface area contributed by atoms with Crippen LogP contribution in [-0.4, -0.2) is 0 Å². The Morgan fingerprint density at radius 1 is 0.846 bits per heavy atom. The zero-order chi connectivity index (χ0) is 9.52. The molecule has 1 aliphatic carbocycles. The van der Waals surface area contributed by atoms with Gasteiger partial charge in [0.15, 0.2) is 0 Å². The molecule has 1 fully saturated rings. The molecular weight excluding hydrogens is 156 g/mol. The van der Waals surface area contributed by atoms with Crippen LogP contribution in [0, 0.1) is 11.8 Å². The van der Waals surface area contributed by atoms with Gasteiger partial charge in [0, 0.05) is 0 Å². The highest BCUT2D eigenvalue weighted by Gasteiger charge is 2.33. The molecule has 0 aromatic heterocycles. The Morgan fingerprint density at radius 3 is 2.15 bits per heavy atom. The van der Waals surface area contributed by atoms with E-state index < -0.39 is 0 Å². The van der Waals surface area contributed by atoms with Crippen LogP contribution in [0.25, 0.3) is 0 Å². The second kappa shape index (κ2) is 6.45. The van der Waals surface area contributed by atoms with Gasteiger partial charge in [0.05, 0.1) is 0 Å². The SMILES string of the molecule is CCCCCCCCC1CC1CC. The summed E-state index contributed by atoms with van der Waals surface area (Å²) in [4.78, 5) is 0. The van der Waals surface area contributed by atoms with E-state index in [1.54, 1.807) is 6.42 Å². The summed E-state index contributed by atoms with van der Waals surface area (Å²) in [5, 5.41) is 0. The Kier molecular flexibility index (Phi) is 5.50. The highest BCUT2D eigenvalue weighted by molar-refractivity contribution is 4.84. The number of hydrogen-bond acceptors (Lipinski definition) is 0. The second-order valence-corrected chi connectivity index (χ2v) is 4.72. The fraction of sp³-hybridized carbons (Fsp3) is 1.00. The van der Waals surface area contributed by atoms with Gasteiger partial charge < -0.3 is 0 Å². The molecule has 13 heavy (non-hydrogen) atoms. The molecule has 78 valence electrons. The minimum absolute atomic E-state index is 1.12. The number of hydrogen-bond donors (Lipinski definition) is 0. The lowest BCUT2D eigenvalue weighted by Gasteiger charge is -2.00. The van der Waals surface area contributed by atoms with Crippen LogP contribution in [0.2, 0.25) is 0 Å². The van der Waals surface area contributed by atoms with E-state index in [1.807, 2.05) is 0 Å². The fourth-order valence-corrected chi connectivity index (χ4v) is 2.35. The van der Waals surface area contributed by atoms with Gasteiger partial charge in [-0.15, -0.1) is 0 Å². The van der Waals surface area contributed by atoms with Crippen LogP contribution in [0.5, 0.6) is 0 Å². The van der Waals surface area contributed by atoms with Crippen molar-refractivity contribution in [1.82, 2.24) is 0 Å². The van der Waals surface area contributed by atoms with Gasteiger partial charge in [-0.3, -0.25) is 0 Å². The van der Waals surface area contributed by atoms with Crippen LogP contribution in [0.3, 0.4) is 0 Å². The van der Waals surface area contributed by atoms with Crippen LogP contribution in [0.1, 0.15) is 71.6 Å². The number of rotatable bonds is 8. The standard InChI is InChI=1S/C13H26/c1-3-5-6-7-8-9-10-13-11-12(13)4-2/h12-13H,3-11H2,1-2H3. The van der Waals surface area contributed by atoms with E-state index in [0.717, 1.165) is 11.8 Å². The van der Waals surface area contributed by atoms with Gasteiger partial charge in [-0.05, 0) is 18.3 Å². The summed E-state index contributed by atoms with van der Waals surface area (Å²) in [6.07, 6.45) is 13.3. The van der Waals surface area contributed by atoms with Crippen molar-refractivity contribution in [3.63, 3.8) is 0 Å². The van der Waals surface area contributed by atoms with E-state index in [-0.39, 0.29) is 0 Å². The van der Waals surface area contributed by atoms with E-state index in [2.05, 4.69) is 13.8 Å². The zero-order valence-corrected chi connectivity index (χ0v) is 9.52. The van der Waals surface area contributed by atoms with Crippen molar-refractivity contribution < 1.29 is 0 Å². The maximum atomic E-state index is 2.34. The molecule has 2 unspecified atom stereocenters. The molecule has 0 heterocycles. The fourth-order valence-electron chi connectivity index (χ4n) is 2.35. The molecular formula is C13H26. The van der Waals surface area contributed by atoms with Crippen LogP contribution >= 0.6 is 0 Å². The lowest BCUT2D eigenvalue weighted by Crippen LogP contribution is -1.83. The highest BCUT2D eigenvalue weighted by Crippen LogP contribution is 2.44. The maximum absolute atomic E-state index is 2.34. The van der Waals surface area contributed by atoms with Crippen molar-refractivity contribution in [2.75, 3.05) is 0 Å². The monoisotopic (exact) mass is 182 g/mol. The maximum Gasteiger partial charge on any atom is -0.0383 e. The molecule has 1 rings (SSSR count). The molecule has 0 radical (unpaired) electrons. The van der Waals surface area contributed by atoms with Gasteiger partial charge in [0.2, 0.25) is 0 Å². The first kappa shape index (κ1) is 11.1. The average Bonchev–Trinajstić information content (AvgIpc) is 2.90. The summed E-state index contributed by atoms with van der Waals surface area (Å²) in [7, 11) is 0. The Labute approximate surface area is 84.1 Å². The summed E-state index contributed by atoms with van der Waals surface area (Å²) >= 11 is 0. The molecule has 2 atom stereocenters. The predicted octanol–water partition coefficient (Wildman–Crippen LogP) is 4.78. The first-order valence-electron chi connectivity index (χ1n) is 6.38. The predicted molar refractivity (Wildman–Crippen MR) is 59.9 cm³/mol. The van der Waals surface area contributed by atoms with Crippen LogP contribution in [0.4, 0.5) is 0 Å². The minimum Gasteiger partial charge on any atom is -0.0654 e. The van der Waals surface area contributed by atoms with Gasteiger partial charge in [-0.2, -0.15) is 0 Å². The third kappa shape index (κ3) is 4.69. The smallest absolute Gasteiger partial charge is 0.0383 e. The van der Waals surface area contributed by atoms with Crippen LogP contribution < -0.4 is 0 Å². The number of unbranched alkanes of at least 4 members (excludes halogenated alkanes) is 5. The Bertz CT molecular complexity index is 117. The largest absolute Gasteiger partial charge is 0.0654 e. The molecule has 0 heteroatoms. The molecule has 0 amide bonds. The van der Waals surface area contributed by atoms with Gasteiger partial charge in [0.25, 0.3) is 0 Å². The quantitative estimate of drug-likeness (QED) is 0.474. The van der Waals surface area contributed by atoms with Gasteiger partial charge >= 0.3 is 0 Å². The molecule has 0 saturated heterocycles. The average molecular weight is 182 g/mol. The van der Waals surface area contributed by atoms with E-state index in [0.29, 0.717) is 0 Å². The van der Waals surface area contributed by atoms with Crippen molar-refractivity contribution in [1.29, 1.82) is 0 Å². The third-order valence-corrected chi connectivity index (χ3v) is 3.52. The summed E-state index contributed by atoms with van der Waals surface area (Å²) in [5.41, 5.74) is 0.